The highest BCUT2D eigenvalue weighted by Crippen LogP contribution is 2.40. The Morgan fingerprint density at radius 1 is 1.11 bits per heavy atom. The van der Waals surface area contributed by atoms with Gasteiger partial charge in [-0.05, 0) is 55.6 Å². The molecule has 1 aromatic rings. The van der Waals surface area contributed by atoms with Crippen molar-refractivity contribution in [2.75, 3.05) is 0 Å². The van der Waals surface area contributed by atoms with E-state index in [9.17, 15) is 5.11 Å². The van der Waals surface area contributed by atoms with Crippen LogP contribution in [0.5, 0.6) is 0 Å². The Kier molecular flexibility index (Phi) is 3.16. The van der Waals surface area contributed by atoms with Crippen LogP contribution in [0, 0.1) is 0 Å². The minimum absolute atomic E-state index is 0.278. The summed E-state index contributed by atoms with van der Waals surface area (Å²) in [5, 5.41) is 10.8. The van der Waals surface area contributed by atoms with Crippen LogP contribution in [0.2, 0.25) is 0 Å². The summed E-state index contributed by atoms with van der Waals surface area (Å²) >= 11 is 0. The summed E-state index contributed by atoms with van der Waals surface area (Å²) < 4.78 is 0. The van der Waals surface area contributed by atoms with Crippen LogP contribution in [0.1, 0.15) is 62.0 Å². The van der Waals surface area contributed by atoms with Gasteiger partial charge in [0.05, 0.1) is 5.60 Å². The Labute approximate surface area is 109 Å². The Bertz CT molecular complexity index is 417. The van der Waals surface area contributed by atoms with Crippen LogP contribution in [0.3, 0.4) is 0 Å². The average Bonchev–Trinajstić information content (AvgIpc) is 2.32. The average molecular weight is 245 g/mol. The summed E-state index contributed by atoms with van der Waals surface area (Å²) in [6, 6.07) is 8.92. The second-order valence-electron chi connectivity index (χ2n) is 6.12. The molecule has 0 spiro atoms. The maximum atomic E-state index is 10.8. The van der Waals surface area contributed by atoms with Gasteiger partial charge in [-0.15, -0.1) is 0 Å². The number of nitrogens with two attached hydrogens (primary N) is 1. The standard InChI is InChI=1S/C16H23NO/c17-15-7-9-16(18,10-8-15)14-6-2-5-13(11-14)12-3-1-4-12/h2,5-6,11-12,15,18H,1,3-4,7-10,17H2. The van der Waals surface area contributed by atoms with Crippen molar-refractivity contribution >= 4 is 0 Å². The van der Waals surface area contributed by atoms with Gasteiger partial charge in [-0.3, -0.25) is 0 Å². The van der Waals surface area contributed by atoms with E-state index in [0.29, 0.717) is 0 Å². The second kappa shape index (κ2) is 4.67. The zero-order valence-corrected chi connectivity index (χ0v) is 10.9. The zero-order chi connectivity index (χ0) is 12.6. The molecule has 0 aliphatic heterocycles. The monoisotopic (exact) mass is 245 g/mol. The minimum atomic E-state index is -0.629. The summed E-state index contributed by atoms with van der Waals surface area (Å²) in [6.07, 6.45) is 7.46. The molecule has 18 heavy (non-hydrogen) atoms. The second-order valence-corrected chi connectivity index (χ2v) is 6.12. The molecule has 2 fully saturated rings. The van der Waals surface area contributed by atoms with Crippen molar-refractivity contribution in [3.05, 3.63) is 35.4 Å². The lowest BCUT2D eigenvalue weighted by atomic mass is 9.75. The Morgan fingerprint density at radius 3 is 2.44 bits per heavy atom. The van der Waals surface area contributed by atoms with E-state index in [4.69, 9.17) is 5.73 Å². The van der Waals surface area contributed by atoms with Crippen LogP contribution >= 0.6 is 0 Å². The van der Waals surface area contributed by atoms with Gasteiger partial charge in [-0.1, -0.05) is 30.7 Å². The van der Waals surface area contributed by atoms with Crippen molar-refractivity contribution in [1.82, 2.24) is 0 Å². The quantitative estimate of drug-likeness (QED) is 0.841. The van der Waals surface area contributed by atoms with Gasteiger partial charge in [-0.25, -0.2) is 0 Å². The van der Waals surface area contributed by atoms with Gasteiger partial charge in [0.1, 0.15) is 0 Å². The van der Waals surface area contributed by atoms with E-state index >= 15 is 0 Å². The number of rotatable bonds is 2. The molecule has 2 heteroatoms. The molecular weight excluding hydrogens is 222 g/mol. The molecule has 2 aliphatic carbocycles. The fourth-order valence-corrected chi connectivity index (χ4v) is 3.23. The molecule has 0 bridgehead atoms. The van der Waals surface area contributed by atoms with Crippen LogP contribution in [-0.2, 0) is 5.60 Å². The molecule has 2 aliphatic rings. The van der Waals surface area contributed by atoms with Crippen LogP contribution in [0.15, 0.2) is 24.3 Å². The van der Waals surface area contributed by atoms with Crippen LogP contribution in [0.25, 0.3) is 0 Å². The first-order valence-corrected chi connectivity index (χ1v) is 7.26. The van der Waals surface area contributed by atoms with Gasteiger partial charge in [0.2, 0.25) is 0 Å². The highest BCUT2D eigenvalue weighted by molar-refractivity contribution is 5.31. The van der Waals surface area contributed by atoms with Gasteiger partial charge in [-0.2, -0.15) is 0 Å². The van der Waals surface area contributed by atoms with Crippen molar-refractivity contribution in [3.63, 3.8) is 0 Å². The Morgan fingerprint density at radius 2 is 1.83 bits per heavy atom. The third-order valence-electron chi connectivity index (χ3n) is 4.86. The maximum absolute atomic E-state index is 10.8. The smallest absolute Gasteiger partial charge is 0.0897 e. The van der Waals surface area contributed by atoms with Crippen molar-refractivity contribution in [2.45, 2.75) is 62.5 Å². The largest absolute Gasteiger partial charge is 0.385 e. The lowest BCUT2D eigenvalue weighted by Crippen LogP contribution is -2.36. The third kappa shape index (κ3) is 2.19. The summed E-state index contributed by atoms with van der Waals surface area (Å²) in [7, 11) is 0. The Balaban J connectivity index is 1.82. The molecule has 0 radical (unpaired) electrons. The van der Waals surface area contributed by atoms with Crippen LogP contribution < -0.4 is 5.73 Å². The fraction of sp³-hybridized carbons (Fsp3) is 0.625. The molecule has 2 nitrogen and oxygen atoms in total. The van der Waals surface area contributed by atoms with Gasteiger partial charge >= 0.3 is 0 Å². The lowest BCUT2D eigenvalue weighted by Gasteiger charge is -2.36. The molecule has 0 unspecified atom stereocenters. The number of benzene rings is 1. The number of hydrogen-bond acceptors (Lipinski definition) is 2. The summed E-state index contributed by atoms with van der Waals surface area (Å²) in [4.78, 5) is 0. The molecular formula is C16H23NO. The molecule has 3 rings (SSSR count). The molecule has 0 amide bonds. The number of hydrogen-bond donors (Lipinski definition) is 2. The first-order valence-electron chi connectivity index (χ1n) is 7.26. The predicted octanol–water partition coefficient (Wildman–Crippen LogP) is 3.04. The Hall–Kier alpha value is -0.860. The maximum Gasteiger partial charge on any atom is 0.0897 e. The van der Waals surface area contributed by atoms with Crippen molar-refractivity contribution in [3.8, 4) is 0 Å². The molecule has 0 atom stereocenters. The zero-order valence-electron chi connectivity index (χ0n) is 10.9. The lowest BCUT2D eigenvalue weighted by molar-refractivity contribution is -0.00506. The number of aliphatic hydroxyl groups is 1. The minimum Gasteiger partial charge on any atom is -0.385 e. The van der Waals surface area contributed by atoms with Gasteiger partial charge < -0.3 is 10.8 Å². The van der Waals surface area contributed by atoms with E-state index in [0.717, 1.165) is 37.2 Å². The van der Waals surface area contributed by atoms with E-state index < -0.39 is 5.60 Å². The molecule has 0 aromatic heterocycles. The van der Waals surface area contributed by atoms with E-state index in [-0.39, 0.29) is 6.04 Å². The predicted molar refractivity (Wildman–Crippen MR) is 73.4 cm³/mol. The van der Waals surface area contributed by atoms with E-state index in [1.807, 2.05) is 0 Å². The van der Waals surface area contributed by atoms with Gasteiger partial charge in [0.25, 0.3) is 0 Å². The molecule has 3 N–H and O–H groups in total. The first-order chi connectivity index (χ1) is 8.67. The van der Waals surface area contributed by atoms with Crippen LogP contribution in [0.4, 0.5) is 0 Å². The summed E-state index contributed by atoms with van der Waals surface area (Å²) in [6.45, 7) is 0. The topological polar surface area (TPSA) is 46.2 Å². The molecule has 1 aromatic carbocycles. The van der Waals surface area contributed by atoms with E-state index in [1.165, 1.54) is 24.8 Å². The normalized spacial score (nSPS) is 33.1. The van der Waals surface area contributed by atoms with Gasteiger partial charge in [0, 0.05) is 6.04 Å². The fourth-order valence-electron chi connectivity index (χ4n) is 3.23. The highest BCUT2D eigenvalue weighted by atomic mass is 16.3. The molecule has 0 saturated heterocycles. The highest BCUT2D eigenvalue weighted by Gasteiger charge is 2.34. The molecule has 0 heterocycles. The van der Waals surface area contributed by atoms with Crippen molar-refractivity contribution in [2.24, 2.45) is 5.73 Å². The SMILES string of the molecule is NC1CCC(O)(c2cccc(C3CCC3)c2)CC1. The van der Waals surface area contributed by atoms with Crippen LogP contribution in [-0.4, -0.2) is 11.1 Å². The van der Waals surface area contributed by atoms with E-state index in [1.54, 1.807) is 0 Å². The van der Waals surface area contributed by atoms with Crippen molar-refractivity contribution < 1.29 is 5.11 Å². The molecule has 2 saturated carbocycles. The van der Waals surface area contributed by atoms with Crippen molar-refractivity contribution in [1.29, 1.82) is 0 Å². The summed E-state index contributed by atoms with van der Waals surface area (Å²) in [5.41, 5.74) is 7.83. The summed E-state index contributed by atoms with van der Waals surface area (Å²) in [5.74, 6) is 0.736. The molecule has 98 valence electrons. The third-order valence-corrected chi connectivity index (χ3v) is 4.86. The van der Waals surface area contributed by atoms with E-state index in [2.05, 4.69) is 24.3 Å². The first kappa shape index (κ1) is 12.2. The van der Waals surface area contributed by atoms with Gasteiger partial charge in [0.15, 0.2) is 0 Å².